The molecule has 21 heavy (non-hydrogen) atoms. The van der Waals surface area contributed by atoms with E-state index in [1.165, 1.54) is 0 Å². The third kappa shape index (κ3) is 3.86. The molecule has 3 N–H and O–H groups in total. The highest BCUT2D eigenvalue weighted by Gasteiger charge is 2.11. The zero-order valence-electron chi connectivity index (χ0n) is 11.8. The van der Waals surface area contributed by atoms with E-state index in [0.29, 0.717) is 40.1 Å². The highest BCUT2D eigenvalue weighted by molar-refractivity contribution is 6.29. The van der Waals surface area contributed by atoms with Crippen molar-refractivity contribution in [3.05, 3.63) is 46.7 Å². The van der Waals surface area contributed by atoms with Crippen LogP contribution in [0.2, 0.25) is 5.15 Å². The maximum atomic E-state index is 12.3. The summed E-state index contributed by atoms with van der Waals surface area (Å²) >= 11 is 5.79. The van der Waals surface area contributed by atoms with E-state index in [-0.39, 0.29) is 5.91 Å². The predicted octanol–water partition coefficient (Wildman–Crippen LogP) is 3.28. The van der Waals surface area contributed by atoms with Crippen molar-refractivity contribution in [2.45, 2.75) is 13.8 Å². The van der Waals surface area contributed by atoms with E-state index in [2.05, 4.69) is 10.3 Å². The number of ether oxygens (including phenoxy) is 1. The summed E-state index contributed by atoms with van der Waals surface area (Å²) in [6, 6.07) is 8.24. The number of hydrogen-bond acceptors (Lipinski definition) is 4. The molecule has 0 saturated heterocycles. The highest BCUT2D eigenvalue weighted by Crippen LogP contribution is 2.21. The summed E-state index contributed by atoms with van der Waals surface area (Å²) in [5, 5.41) is 3.16. The van der Waals surface area contributed by atoms with Crippen molar-refractivity contribution in [2.75, 3.05) is 17.7 Å². The van der Waals surface area contributed by atoms with Crippen LogP contribution < -0.4 is 15.8 Å². The van der Waals surface area contributed by atoms with Crippen LogP contribution in [0.1, 0.15) is 23.0 Å². The second-order valence-corrected chi connectivity index (χ2v) is 4.83. The van der Waals surface area contributed by atoms with E-state index in [4.69, 9.17) is 22.1 Å². The summed E-state index contributed by atoms with van der Waals surface area (Å²) < 4.78 is 5.38. The van der Waals surface area contributed by atoms with Crippen LogP contribution in [0.25, 0.3) is 0 Å². The number of nitrogens with one attached hydrogen (secondary N) is 1. The van der Waals surface area contributed by atoms with Gasteiger partial charge in [-0.25, -0.2) is 4.98 Å². The van der Waals surface area contributed by atoms with Gasteiger partial charge in [0, 0.05) is 17.3 Å². The number of nitrogens with two attached hydrogens (primary N) is 1. The summed E-state index contributed by atoms with van der Waals surface area (Å²) in [5.74, 6) is 0.282. The molecule has 0 fully saturated rings. The second-order valence-electron chi connectivity index (χ2n) is 4.44. The lowest BCUT2D eigenvalue weighted by atomic mass is 10.1. The monoisotopic (exact) mass is 305 g/mol. The zero-order chi connectivity index (χ0) is 15.4. The van der Waals surface area contributed by atoms with Crippen LogP contribution >= 0.6 is 11.6 Å². The van der Waals surface area contributed by atoms with Crippen LogP contribution in [0, 0.1) is 6.92 Å². The minimum Gasteiger partial charge on any atom is -0.494 e. The lowest BCUT2D eigenvalue weighted by Crippen LogP contribution is -2.14. The minimum atomic E-state index is -0.282. The number of pyridine rings is 1. The molecule has 0 atom stereocenters. The molecule has 1 aromatic carbocycles. The van der Waals surface area contributed by atoms with Crippen LogP contribution in [-0.4, -0.2) is 17.5 Å². The molecule has 0 aliphatic heterocycles. The fourth-order valence-corrected chi connectivity index (χ4v) is 2.05. The van der Waals surface area contributed by atoms with Gasteiger partial charge in [-0.2, -0.15) is 0 Å². The first kappa shape index (κ1) is 15.1. The van der Waals surface area contributed by atoms with Gasteiger partial charge in [-0.05, 0) is 38.1 Å². The Morgan fingerprint density at radius 3 is 2.81 bits per heavy atom. The van der Waals surface area contributed by atoms with Gasteiger partial charge in [0.05, 0.1) is 18.0 Å². The number of aromatic nitrogens is 1. The van der Waals surface area contributed by atoms with Gasteiger partial charge in [0.2, 0.25) is 0 Å². The molecule has 5 nitrogen and oxygen atoms in total. The number of amides is 1. The number of nitrogens with zero attached hydrogens (tertiary/aromatic N) is 1. The summed E-state index contributed by atoms with van der Waals surface area (Å²) in [7, 11) is 0. The standard InChI is InChI=1S/C15H16ClN3O2/c1-3-21-12-7-10(6-11(17)8-12)15(20)19-13-4-5-14(16)18-9(13)2/h4-8H,3,17H2,1-2H3,(H,19,20). The van der Waals surface area contributed by atoms with Gasteiger partial charge < -0.3 is 15.8 Å². The Kier molecular flexibility index (Phi) is 4.65. The Hall–Kier alpha value is -2.27. The average molecular weight is 306 g/mol. The molecule has 2 rings (SSSR count). The number of hydrogen-bond donors (Lipinski definition) is 2. The number of aryl methyl sites for hydroxylation is 1. The van der Waals surface area contributed by atoms with E-state index < -0.39 is 0 Å². The summed E-state index contributed by atoms with van der Waals surface area (Å²) in [6.45, 7) is 4.14. The average Bonchev–Trinajstić information content (AvgIpc) is 2.41. The predicted molar refractivity (Wildman–Crippen MR) is 84.0 cm³/mol. The van der Waals surface area contributed by atoms with E-state index in [1.807, 2.05) is 6.92 Å². The Morgan fingerprint density at radius 2 is 2.14 bits per heavy atom. The van der Waals surface area contributed by atoms with Crippen LogP contribution in [0.4, 0.5) is 11.4 Å². The Labute approximate surface area is 128 Å². The van der Waals surface area contributed by atoms with E-state index >= 15 is 0 Å². The molecule has 0 aliphatic rings. The summed E-state index contributed by atoms with van der Waals surface area (Å²) in [4.78, 5) is 16.4. The van der Waals surface area contributed by atoms with Gasteiger partial charge in [0.25, 0.3) is 5.91 Å². The van der Waals surface area contributed by atoms with Crippen molar-refractivity contribution >= 4 is 28.9 Å². The minimum absolute atomic E-state index is 0.282. The number of carbonyl (C=O) groups excluding carboxylic acids is 1. The molecule has 0 aliphatic carbocycles. The van der Waals surface area contributed by atoms with Crippen molar-refractivity contribution in [1.29, 1.82) is 0 Å². The lowest BCUT2D eigenvalue weighted by Gasteiger charge is -2.10. The molecular formula is C15H16ClN3O2. The van der Waals surface area contributed by atoms with Gasteiger partial charge in [-0.15, -0.1) is 0 Å². The van der Waals surface area contributed by atoms with E-state index in [1.54, 1.807) is 37.3 Å². The Bertz CT molecular complexity index is 674. The molecule has 2 aromatic rings. The first-order valence-corrected chi connectivity index (χ1v) is 6.85. The molecule has 6 heteroatoms. The fourth-order valence-electron chi connectivity index (χ4n) is 1.86. The zero-order valence-corrected chi connectivity index (χ0v) is 12.6. The van der Waals surface area contributed by atoms with Crippen LogP contribution in [0.15, 0.2) is 30.3 Å². The van der Waals surface area contributed by atoms with Crippen LogP contribution in [0.5, 0.6) is 5.75 Å². The quantitative estimate of drug-likeness (QED) is 0.671. The van der Waals surface area contributed by atoms with Gasteiger partial charge in [0.15, 0.2) is 0 Å². The normalized spacial score (nSPS) is 10.2. The molecule has 1 heterocycles. The van der Waals surface area contributed by atoms with Gasteiger partial charge in [-0.1, -0.05) is 11.6 Å². The summed E-state index contributed by atoms with van der Waals surface area (Å²) in [6.07, 6.45) is 0. The van der Waals surface area contributed by atoms with Crippen molar-refractivity contribution in [3.63, 3.8) is 0 Å². The largest absolute Gasteiger partial charge is 0.494 e. The first-order chi connectivity index (χ1) is 9.99. The number of halogens is 1. The lowest BCUT2D eigenvalue weighted by molar-refractivity contribution is 0.102. The molecule has 0 saturated carbocycles. The second kappa shape index (κ2) is 6.45. The number of carbonyl (C=O) groups is 1. The molecule has 1 amide bonds. The molecule has 1 aromatic heterocycles. The van der Waals surface area contributed by atoms with Crippen molar-refractivity contribution in [3.8, 4) is 5.75 Å². The molecular weight excluding hydrogens is 290 g/mol. The van der Waals surface area contributed by atoms with Crippen molar-refractivity contribution in [2.24, 2.45) is 0 Å². The molecule has 0 radical (unpaired) electrons. The van der Waals surface area contributed by atoms with Gasteiger partial charge in [-0.3, -0.25) is 4.79 Å². The number of nitrogen functional groups attached to an aromatic ring is 1. The Morgan fingerprint density at radius 1 is 1.38 bits per heavy atom. The Balaban J connectivity index is 2.23. The molecule has 0 unspecified atom stereocenters. The molecule has 0 spiro atoms. The smallest absolute Gasteiger partial charge is 0.255 e. The summed E-state index contributed by atoms with van der Waals surface area (Å²) in [5.41, 5.74) is 7.92. The number of benzene rings is 1. The van der Waals surface area contributed by atoms with Crippen molar-refractivity contribution < 1.29 is 9.53 Å². The van der Waals surface area contributed by atoms with Crippen molar-refractivity contribution in [1.82, 2.24) is 4.98 Å². The van der Waals surface area contributed by atoms with E-state index in [9.17, 15) is 4.79 Å². The SMILES string of the molecule is CCOc1cc(N)cc(C(=O)Nc2ccc(Cl)nc2C)c1. The first-order valence-electron chi connectivity index (χ1n) is 6.47. The topological polar surface area (TPSA) is 77.2 Å². The number of rotatable bonds is 4. The van der Waals surface area contributed by atoms with Crippen LogP contribution in [-0.2, 0) is 0 Å². The van der Waals surface area contributed by atoms with Gasteiger partial charge >= 0.3 is 0 Å². The maximum Gasteiger partial charge on any atom is 0.255 e. The maximum absolute atomic E-state index is 12.3. The third-order valence-corrected chi connectivity index (χ3v) is 3.01. The highest BCUT2D eigenvalue weighted by atomic mass is 35.5. The molecule has 110 valence electrons. The number of anilines is 2. The molecule has 0 bridgehead atoms. The van der Waals surface area contributed by atoms with Crippen LogP contribution in [0.3, 0.4) is 0 Å². The third-order valence-electron chi connectivity index (χ3n) is 2.80. The van der Waals surface area contributed by atoms with Gasteiger partial charge in [0.1, 0.15) is 10.9 Å². The fraction of sp³-hybridized carbons (Fsp3) is 0.200. The van der Waals surface area contributed by atoms with E-state index in [0.717, 1.165) is 0 Å².